The summed E-state index contributed by atoms with van der Waals surface area (Å²) in [6.07, 6.45) is 3.77. The van der Waals surface area contributed by atoms with Crippen LogP contribution in [0.5, 0.6) is 0 Å². The van der Waals surface area contributed by atoms with E-state index in [2.05, 4.69) is 4.72 Å². The molecule has 2 aromatic rings. The van der Waals surface area contributed by atoms with Gasteiger partial charge < -0.3 is 4.42 Å². The van der Waals surface area contributed by atoms with E-state index < -0.39 is 10.0 Å². The fraction of sp³-hybridized carbons (Fsp3) is 0.286. The van der Waals surface area contributed by atoms with E-state index in [1.165, 1.54) is 0 Å². The zero-order valence-corrected chi connectivity index (χ0v) is 12.6. The zero-order chi connectivity index (χ0) is 14.6. The van der Waals surface area contributed by atoms with Crippen LogP contribution in [0.2, 0.25) is 5.02 Å². The third-order valence-electron chi connectivity index (χ3n) is 2.75. The minimum Gasteiger partial charge on any atom is -0.472 e. The van der Waals surface area contributed by atoms with Crippen LogP contribution in [0.25, 0.3) is 0 Å². The van der Waals surface area contributed by atoms with Gasteiger partial charge in [0, 0.05) is 11.1 Å². The Bertz CT molecular complexity index is 653. The van der Waals surface area contributed by atoms with E-state index in [-0.39, 0.29) is 11.8 Å². The summed E-state index contributed by atoms with van der Waals surface area (Å²) >= 11 is 5.85. The smallest absolute Gasteiger partial charge is 0.216 e. The van der Waals surface area contributed by atoms with Crippen molar-refractivity contribution >= 4 is 21.6 Å². The van der Waals surface area contributed by atoms with Crippen molar-refractivity contribution in [1.29, 1.82) is 0 Å². The van der Waals surface area contributed by atoms with Crippen LogP contribution in [-0.4, -0.2) is 14.5 Å². The molecule has 4 nitrogen and oxygen atoms in total. The lowest BCUT2D eigenvalue weighted by atomic mass is 10.1. The fourth-order valence-electron chi connectivity index (χ4n) is 2.00. The maximum Gasteiger partial charge on any atom is 0.216 e. The third-order valence-corrected chi connectivity index (χ3v) is 4.46. The fourth-order valence-corrected chi connectivity index (χ4v) is 3.61. The van der Waals surface area contributed by atoms with Gasteiger partial charge >= 0.3 is 0 Å². The Labute approximate surface area is 123 Å². The van der Waals surface area contributed by atoms with Gasteiger partial charge in [-0.05, 0) is 42.7 Å². The van der Waals surface area contributed by atoms with E-state index in [0.717, 1.165) is 5.56 Å². The number of halogens is 1. The molecule has 1 N–H and O–H groups in total. The zero-order valence-electron chi connectivity index (χ0n) is 11.0. The first-order valence-corrected chi connectivity index (χ1v) is 8.23. The standard InChI is InChI=1S/C14H16ClNO3S/c1-11(7-12-5-6-19-9-12)16-20(17,18)10-13-3-2-4-14(15)8-13/h2-6,8-9,11,16H,7,10H2,1H3. The van der Waals surface area contributed by atoms with Crippen molar-refractivity contribution in [3.63, 3.8) is 0 Å². The van der Waals surface area contributed by atoms with Crippen LogP contribution in [-0.2, 0) is 22.2 Å². The highest BCUT2D eigenvalue weighted by Gasteiger charge is 2.16. The second-order valence-corrected chi connectivity index (χ2v) is 6.93. The first-order valence-electron chi connectivity index (χ1n) is 6.20. The van der Waals surface area contributed by atoms with Crippen molar-refractivity contribution in [3.8, 4) is 0 Å². The van der Waals surface area contributed by atoms with Crippen LogP contribution in [0.3, 0.4) is 0 Å². The molecule has 108 valence electrons. The number of benzene rings is 1. The molecule has 0 aliphatic rings. The monoisotopic (exact) mass is 313 g/mol. The molecule has 0 saturated carbocycles. The summed E-state index contributed by atoms with van der Waals surface area (Å²) in [7, 11) is -3.39. The molecule has 0 saturated heterocycles. The second kappa shape index (κ2) is 6.43. The van der Waals surface area contributed by atoms with Crippen LogP contribution in [0.1, 0.15) is 18.1 Å². The van der Waals surface area contributed by atoms with Crippen molar-refractivity contribution in [2.24, 2.45) is 0 Å². The van der Waals surface area contributed by atoms with Crippen LogP contribution in [0.15, 0.2) is 47.3 Å². The average Bonchev–Trinajstić information content (AvgIpc) is 2.79. The van der Waals surface area contributed by atoms with Crippen molar-refractivity contribution in [2.45, 2.75) is 25.1 Å². The van der Waals surface area contributed by atoms with E-state index in [1.54, 1.807) is 36.8 Å². The van der Waals surface area contributed by atoms with Crippen LogP contribution in [0.4, 0.5) is 0 Å². The van der Waals surface area contributed by atoms with Crippen molar-refractivity contribution < 1.29 is 12.8 Å². The molecule has 1 atom stereocenters. The minimum absolute atomic E-state index is 0.0801. The average molecular weight is 314 g/mol. The van der Waals surface area contributed by atoms with Crippen LogP contribution >= 0.6 is 11.6 Å². The van der Waals surface area contributed by atoms with E-state index in [4.69, 9.17) is 16.0 Å². The Morgan fingerprint density at radius 1 is 1.30 bits per heavy atom. The molecular formula is C14H16ClNO3S. The summed E-state index contributed by atoms with van der Waals surface area (Å²) in [6.45, 7) is 1.82. The number of hydrogen-bond donors (Lipinski definition) is 1. The van der Waals surface area contributed by atoms with Gasteiger partial charge in [-0.2, -0.15) is 0 Å². The maximum absolute atomic E-state index is 12.1. The molecule has 0 amide bonds. The Hall–Kier alpha value is -1.30. The predicted octanol–water partition coefficient (Wildman–Crippen LogP) is 2.98. The molecule has 6 heteroatoms. The molecule has 20 heavy (non-hydrogen) atoms. The molecule has 0 aliphatic carbocycles. The summed E-state index contributed by atoms with van der Waals surface area (Å²) in [5.74, 6) is -0.0801. The highest BCUT2D eigenvalue weighted by atomic mass is 35.5. The largest absolute Gasteiger partial charge is 0.472 e. The molecule has 0 fully saturated rings. The van der Waals surface area contributed by atoms with Gasteiger partial charge in [-0.1, -0.05) is 23.7 Å². The molecule has 0 radical (unpaired) electrons. The van der Waals surface area contributed by atoms with E-state index >= 15 is 0 Å². The molecule has 0 spiro atoms. The number of furan rings is 1. The van der Waals surface area contributed by atoms with Crippen molar-refractivity contribution in [2.75, 3.05) is 0 Å². The summed E-state index contributed by atoms with van der Waals surface area (Å²) in [5, 5.41) is 0.532. The second-order valence-electron chi connectivity index (χ2n) is 4.74. The third kappa shape index (κ3) is 4.67. The molecule has 1 unspecified atom stereocenters. The van der Waals surface area contributed by atoms with E-state index in [9.17, 15) is 8.42 Å². The SMILES string of the molecule is CC(Cc1ccoc1)NS(=O)(=O)Cc1cccc(Cl)c1. The maximum atomic E-state index is 12.1. The summed E-state index contributed by atoms with van der Waals surface area (Å²) in [5.41, 5.74) is 1.63. The molecule has 2 rings (SSSR count). The molecule has 0 bridgehead atoms. The van der Waals surface area contributed by atoms with E-state index in [1.807, 2.05) is 13.0 Å². The van der Waals surface area contributed by atoms with Crippen LogP contribution in [0, 0.1) is 0 Å². The molecule has 1 aromatic carbocycles. The Morgan fingerprint density at radius 3 is 2.75 bits per heavy atom. The first kappa shape index (κ1) is 15.1. The van der Waals surface area contributed by atoms with Gasteiger partial charge in [0.05, 0.1) is 18.3 Å². The number of hydrogen-bond acceptors (Lipinski definition) is 3. The quantitative estimate of drug-likeness (QED) is 0.892. The first-order chi connectivity index (χ1) is 9.44. The van der Waals surface area contributed by atoms with Gasteiger partial charge in [0.2, 0.25) is 10.0 Å². The normalized spacial score (nSPS) is 13.3. The molecule has 0 aliphatic heterocycles. The van der Waals surface area contributed by atoms with Gasteiger partial charge in [0.25, 0.3) is 0 Å². The Balaban J connectivity index is 1.96. The highest BCUT2D eigenvalue weighted by molar-refractivity contribution is 7.88. The molecular weight excluding hydrogens is 298 g/mol. The lowest BCUT2D eigenvalue weighted by molar-refractivity contribution is 0.548. The topological polar surface area (TPSA) is 59.3 Å². The van der Waals surface area contributed by atoms with Gasteiger partial charge in [-0.15, -0.1) is 0 Å². The van der Waals surface area contributed by atoms with Crippen molar-refractivity contribution in [1.82, 2.24) is 4.72 Å². The number of rotatable bonds is 6. The van der Waals surface area contributed by atoms with Gasteiger partial charge in [-0.25, -0.2) is 13.1 Å². The van der Waals surface area contributed by atoms with Crippen molar-refractivity contribution in [3.05, 3.63) is 59.0 Å². The predicted molar refractivity (Wildman–Crippen MR) is 79.1 cm³/mol. The summed E-state index contributed by atoms with van der Waals surface area (Å²) in [4.78, 5) is 0. The number of sulfonamides is 1. The van der Waals surface area contributed by atoms with Gasteiger partial charge in [0.1, 0.15) is 0 Å². The van der Waals surface area contributed by atoms with Gasteiger partial charge in [0.15, 0.2) is 0 Å². The molecule has 1 aromatic heterocycles. The Morgan fingerprint density at radius 2 is 2.10 bits per heavy atom. The summed E-state index contributed by atoms with van der Waals surface area (Å²) in [6, 6.07) is 8.47. The number of nitrogens with one attached hydrogen (secondary N) is 1. The Kier molecular flexibility index (Phi) is 4.86. The van der Waals surface area contributed by atoms with E-state index in [0.29, 0.717) is 17.0 Å². The van der Waals surface area contributed by atoms with Gasteiger partial charge in [-0.3, -0.25) is 0 Å². The lowest BCUT2D eigenvalue weighted by Gasteiger charge is -2.13. The highest BCUT2D eigenvalue weighted by Crippen LogP contribution is 2.13. The minimum atomic E-state index is -3.39. The van der Waals surface area contributed by atoms with Crippen LogP contribution < -0.4 is 4.72 Å². The lowest BCUT2D eigenvalue weighted by Crippen LogP contribution is -2.34. The molecule has 1 heterocycles. The summed E-state index contributed by atoms with van der Waals surface area (Å²) < 4.78 is 31.8.